The first kappa shape index (κ1) is 13.3. The number of likely N-dealkylation sites (tertiary alicyclic amines) is 1. The first-order valence-corrected chi connectivity index (χ1v) is 7.36. The van der Waals surface area contributed by atoms with E-state index >= 15 is 0 Å². The SMILES string of the molecule is CCc1nnc(CN=C(N)N2CCC(C)CC2)s1. The Hall–Kier alpha value is -1.17. The van der Waals surface area contributed by atoms with Gasteiger partial charge in [0.2, 0.25) is 0 Å². The Kier molecular flexibility index (Phi) is 4.52. The summed E-state index contributed by atoms with van der Waals surface area (Å²) in [4.78, 5) is 6.59. The van der Waals surface area contributed by atoms with E-state index in [-0.39, 0.29) is 0 Å². The van der Waals surface area contributed by atoms with Crippen molar-refractivity contribution in [1.82, 2.24) is 15.1 Å². The normalized spacial score (nSPS) is 18.3. The van der Waals surface area contributed by atoms with Crippen molar-refractivity contribution in [2.45, 2.75) is 39.7 Å². The number of hydrogen-bond donors (Lipinski definition) is 1. The van der Waals surface area contributed by atoms with Crippen molar-refractivity contribution in [2.75, 3.05) is 13.1 Å². The topological polar surface area (TPSA) is 67.4 Å². The maximum absolute atomic E-state index is 6.01. The molecule has 0 saturated carbocycles. The number of aliphatic imine (C=N–C) groups is 1. The Balaban J connectivity index is 1.88. The van der Waals surface area contributed by atoms with Gasteiger partial charge >= 0.3 is 0 Å². The lowest BCUT2D eigenvalue weighted by Gasteiger charge is -2.30. The van der Waals surface area contributed by atoms with Gasteiger partial charge in [0.15, 0.2) is 5.96 Å². The second-order valence-corrected chi connectivity index (χ2v) is 5.93. The summed E-state index contributed by atoms with van der Waals surface area (Å²) in [6, 6.07) is 0. The van der Waals surface area contributed by atoms with Gasteiger partial charge in [-0.05, 0) is 25.2 Å². The van der Waals surface area contributed by atoms with Crippen LogP contribution in [0.1, 0.15) is 36.7 Å². The molecular weight excluding hydrogens is 246 g/mol. The number of nitrogens with two attached hydrogens (primary N) is 1. The highest BCUT2D eigenvalue weighted by Crippen LogP contribution is 2.16. The van der Waals surface area contributed by atoms with Gasteiger partial charge < -0.3 is 10.6 Å². The van der Waals surface area contributed by atoms with Gasteiger partial charge in [-0.2, -0.15) is 0 Å². The van der Waals surface area contributed by atoms with Crippen LogP contribution in [-0.4, -0.2) is 34.1 Å². The molecule has 1 aromatic heterocycles. The second kappa shape index (κ2) is 6.13. The van der Waals surface area contributed by atoms with Gasteiger partial charge in [0.05, 0.1) is 6.54 Å². The Morgan fingerprint density at radius 1 is 1.39 bits per heavy atom. The van der Waals surface area contributed by atoms with Crippen LogP contribution in [0.4, 0.5) is 0 Å². The van der Waals surface area contributed by atoms with Crippen LogP contribution in [0.2, 0.25) is 0 Å². The smallest absolute Gasteiger partial charge is 0.191 e. The van der Waals surface area contributed by atoms with Gasteiger partial charge in [0, 0.05) is 13.1 Å². The minimum atomic E-state index is 0.551. The predicted octanol–water partition coefficient (Wildman–Crippen LogP) is 1.65. The number of guanidine groups is 1. The third kappa shape index (κ3) is 3.41. The van der Waals surface area contributed by atoms with Crippen molar-refractivity contribution in [3.05, 3.63) is 10.0 Å². The van der Waals surface area contributed by atoms with E-state index in [1.165, 1.54) is 12.8 Å². The highest BCUT2D eigenvalue weighted by Gasteiger charge is 2.16. The summed E-state index contributed by atoms with van der Waals surface area (Å²) in [6.07, 6.45) is 3.34. The van der Waals surface area contributed by atoms with E-state index in [9.17, 15) is 0 Å². The molecule has 1 aliphatic rings. The summed E-state index contributed by atoms with van der Waals surface area (Å²) in [5, 5.41) is 10.2. The van der Waals surface area contributed by atoms with Crippen molar-refractivity contribution in [1.29, 1.82) is 0 Å². The predicted molar refractivity (Wildman–Crippen MR) is 74.6 cm³/mol. The quantitative estimate of drug-likeness (QED) is 0.668. The van der Waals surface area contributed by atoms with Gasteiger partial charge in [-0.25, -0.2) is 4.99 Å². The van der Waals surface area contributed by atoms with Crippen molar-refractivity contribution in [3.63, 3.8) is 0 Å². The van der Waals surface area contributed by atoms with Crippen LogP contribution in [0.25, 0.3) is 0 Å². The molecule has 0 aliphatic carbocycles. The Bertz CT molecular complexity index is 406. The van der Waals surface area contributed by atoms with Crippen LogP contribution in [-0.2, 0) is 13.0 Å². The summed E-state index contributed by atoms with van der Waals surface area (Å²) in [5.74, 6) is 1.46. The van der Waals surface area contributed by atoms with Crippen LogP contribution in [0.15, 0.2) is 4.99 Å². The van der Waals surface area contributed by atoms with Crippen molar-refractivity contribution in [3.8, 4) is 0 Å². The fourth-order valence-corrected chi connectivity index (χ4v) is 2.69. The molecule has 2 heterocycles. The third-order valence-corrected chi connectivity index (χ3v) is 4.35. The summed E-state index contributed by atoms with van der Waals surface area (Å²) < 4.78 is 0. The van der Waals surface area contributed by atoms with E-state index < -0.39 is 0 Å². The van der Waals surface area contributed by atoms with Crippen LogP contribution >= 0.6 is 11.3 Å². The molecule has 0 unspecified atom stereocenters. The summed E-state index contributed by atoms with van der Waals surface area (Å²) in [5.41, 5.74) is 6.01. The van der Waals surface area contributed by atoms with Crippen molar-refractivity contribution < 1.29 is 0 Å². The van der Waals surface area contributed by atoms with E-state index in [1.54, 1.807) is 11.3 Å². The van der Waals surface area contributed by atoms with Crippen molar-refractivity contribution >= 4 is 17.3 Å². The molecular formula is C12H21N5S. The average Bonchev–Trinajstić information content (AvgIpc) is 2.85. The van der Waals surface area contributed by atoms with Crippen LogP contribution < -0.4 is 5.73 Å². The Labute approximate surface area is 112 Å². The maximum Gasteiger partial charge on any atom is 0.191 e. The van der Waals surface area contributed by atoms with Gasteiger partial charge in [-0.3, -0.25) is 0 Å². The highest BCUT2D eigenvalue weighted by molar-refractivity contribution is 7.11. The molecule has 0 amide bonds. The molecule has 6 heteroatoms. The number of nitrogens with zero attached hydrogens (tertiary/aromatic N) is 4. The maximum atomic E-state index is 6.01. The minimum absolute atomic E-state index is 0.551. The van der Waals surface area contributed by atoms with Gasteiger partial charge in [-0.1, -0.05) is 25.2 Å². The number of piperidine rings is 1. The Morgan fingerprint density at radius 3 is 2.67 bits per heavy atom. The molecule has 5 nitrogen and oxygen atoms in total. The van der Waals surface area contributed by atoms with E-state index in [0.29, 0.717) is 12.5 Å². The largest absolute Gasteiger partial charge is 0.370 e. The van der Waals surface area contributed by atoms with Crippen molar-refractivity contribution in [2.24, 2.45) is 16.6 Å². The zero-order valence-corrected chi connectivity index (χ0v) is 11.9. The van der Waals surface area contributed by atoms with Crippen LogP contribution in [0.3, 0.4) is 0 Å². The lowest BCUT2D eigenvalue weighted by Crippen LogP contribution is -2.42. The lowest BCUT2D eigenvalue weighted by molar-refractivity contribution is 0.277. The number of aryl methyl sites for hydroxylation is 1. The van der Waals surface area contributed by atoms with Gasteiger partial charge in [0.1, 0.15) is 10.0 Å². The number of rotatable bonds is 3. The standard InChI is InChI=1S/C12H21N5S/c1-3-10-15-16-11(18-10)8-14-12(13)17-6-4-9(2)5-7-17/h9H,3-8H2,1-2H3,(H2,13,14). The molecule has 18 heavy (non-hydrogen) atoms. The molecule has 1 aliphatic heterocycles. The average molecular weight is 267 g/mol. The third-order valence-electron chi connectivity index (χ3n) is 3.30. The zero-order valence-electron chi connectivity index (χ0n) is 11.1. The van der Waals surface area contributed by atoms with Gasteiger partial charge in [-0.15, -0.1) is 10.2 Å². The van der Waals surface area contributed by atoms with E-state index in [1.807, 2.05) is 0 Å². The highest BCUT2D eigenvalue weighted by atomic mass is 32.1. The number of hydrogen-bond acceptors (Lipinski definition) is 4. The monoisotopic (exact) mass is 267 g/mol. The van der Waals surface area contributed by atoms with Crippen LogP contribution in [0, 0.1) is 5.92 Å². The molecule has 1 fully saturated rings. The molecule has 0 aromatic carbocycles. The first-order chi connectivity index (χ1) is 8.69. The van der Waals surface area contributed by atoms with E-state index in [0.717, 1.165) is 35.4 Å². The number of aromatic nitrogens is 2. The fourth-order valence-electron chi connectivity index (χ4n) is 1.98. The molecule has 1 aromatic rings. The summed E-state index contributed by atoms with van der Waals surface area (Å²) in [6.45, 7) is 6.96. The lowest BCUT2D eigenvalue weighted by atomic mass is 10.00. The minimum Gasteiger partial charge on any atom is -0.370 e. The molecule has 0 bridgehead atoms. The Morgan fingerprint density at radius 2 is 2.06 bits per heavy atom. The molecule has 1 saturated heterocycles. The molecule has 0 atom stereocenters. The van der Waals surface area contributed by atoms with E-state index in [4.69, 9.17) is 5.73 Å². The first-order valence-electron chi connectivity index (χ1n) is 6.55. The molecule has 0 spiro atoms. The fraction of sp³-hybridized carbons (Fsp3) is 0.750. The van der Waals surface area contributed by atoms with Crippen LogP contribution in [0.5, 0.6) is 0 Å². The summed E-state index contributed by atoms with van der Waals surface area (Å²) in [7, 11) is 0. The zero-order chi connectivity index (χ0) is 13.0. The van der Waals surface area contributed by atoms with Gasteiger partial charge in [0.25, 0.3) is 0 Å². The second-order valence-electron chi connectivity index (χ2n) is 4.79. The summed E-state index contributed by atoms with van der Waals surface area (Å²) >= 11 is 1.62. The molecule has 2 rings (SSSR count). The molecule has 100 valence electrons. The van der Waals surface area contributed by atoms with E-state index in [2.05, 4.69) is 33.9 Å². The molecule has 0 radical (unpaired) electrons. The molecule has 2 N–H and O–H groups in total.